The van der Waals surface area contributed by atoms with Gasteiger partial charge in [0.1, 0.15) is 0 Å². The number of carbonyl (C=O) groups is 1. The number of nitrogens with two attached hydrogens (primary N) is 1. The fraction of sp³-hybridized carbons (Fsp3) is 0.188. The molecule has 5 heteroatoms. The normalized spacial score (nSPS) is 10.4. The summed E-state index contributed by atoms with van der Waals surface area (Å²) in [7, 11) is 0. The quantitative estimate of drug-likeness (QED) is 0.815. The molecule has 0 aliphatic carbocycles. The highest BCUT2D eigenvalue weighted by molar-refractivity contribution is 7.99. The molecule has 0 bridgehead atoms. The number of benzene rings is 2. The minimum absolute atomic E-state index is 0.0692. The van der Waals surface area contributed by atoms with E-state index in [9.17, 15) is 4.79 Å². The number of anilines is 2. The highest BCUT2D eigenvalue weighted by Gasteiger charge is 2.07. The van der Waals surface area contributed by atoms with Crippen molar-refractivity contribution < 1.29 is 4.79 Å². The lowest BCUT2D eigenvalue weighted by atomic mass is 10.1. The maximum atomic E-state index is 11.9. The van der Waals surface area contributed by atoms with Crippen molar-refractivity contribution in [3.8, 4) is 0 Å². The van der Waals surface area contributed by atoms with Crippen LogP contribution >= 0.6 is 23.4 Å². The molecule has 0 radical (unpaired) electrons. The third-order valence-corrected chi connectivity index (χ3v) is 4.31. The van der Waals surface area contributed by atoms with Gasteiger partial charge in [0.15, 0.2) is 0 Å². The van der Waals surface area contributed by atoms with Crippen LogP contribution in [0.3, 0.4) is 0 Å². The van der Waals surface area contributed by atoms with Gasteiger partial charge in [0.2, 0.25) is 5.91 Å². The molecule has 21 heavy (non-hydrogen) atoms. The van der Waals surface area contributed by atoms with E-state index in [0.717, 1.165) is 5.75 Å². The molecule has 0 saturated carbocycles. The molecule has 3 N–H and O–H groups in total. The van der Waals surface area contributed by atoms with Gasteiger partial charge in [-0.15, -0.1) is 11.8 Å². The lowest BCUT2D eigenvalue weighted by Crippen LogP contribution is -2.14. The van der Waals surface area contributed by atoms with E-state index in [1.807, 2.05) is 12.1 Å². The molecule has 0 heterocycles. The first kappa shape index (κ1) is 15.7. The lowest BCUT2D eigenvalue weighted by molar-refractivity contribution is -0.113. The Morgan fingerprint density at radius 1 is 1.29 bits per heavy atom. The van der Waals surface area contributed by atoms with Crippen molar-refractivity contribution in [2.24, 2.45) is 0 Å². The lowest BCUT2D eigenvalue weighted by Gasteiger charge is -2.08. The second-order valence-electron chi connectivity index (χ2n) is 4.71. The molecular weight excluding hydrogens is 304 g/mol. The second kappa shape index (κ2) is 7.38. The monoisotopic (exact) mass is 320 g/mol. The summed E-state index contributed by atoms with van der Waals surface area (Å²) in [6, 6.07) is 13.2. The topological polar surface area (TPSA) is 55.1 Å². The van der Waals surface area contributed by atoms with E-state index in [4.69, 9.17) is 17.3 Å². The van der Waals surface area contributed by atoms with Crippen molar-refractivity contribution >= 4 is 40.6 Å². The van der Waals surface area contributed by atoms with Crippen LogP contribution in [0.15, 0.2) is 42.5 Å². The summed E-state index contributed by atoms with van der Waals surface area (Å²) in [4.78, 5) is 11.9. The van der Waals surface area contributed by atoms with Gasteiger partial charge >= 0.3 is 0 Å². The van der Waals surface area contributed by atoms with E-state index in [1.165, 1.54) is 11.1 Å². The molecule has 0 unspecified atom stereocenters. The Labute approximate surface area is 133 Å². The summed E-state index contributed by atoms with van der Waals surface area (Å²) in [6.07, 6.45) is 0. The SMILES string of the molecule is Cc1ccccc1CSCC(=O)Nc1ccc(N)cc1Cl. The van der Waals surface area contributed by atoms with Crippen molar-refractivity contribution in [2.75, 3.05) is 16.8 Å². The van der Waals surface area contributed by atoms with Crippen LogP contribution in [0.1, 0.15) is 11.1 Å². The van der Waals surface area contributed by atoms with Crippen LogP contribution in [-0.4, -0.2) is 11.7 Å². The van der Waals surface area contributed by atoms with Gasteiger partial charge in [0.25, 0.3) is 0 Å². The number of carbonyl (C=O) groups excluding carboxylic acids is 1. The molecule has 0 fully saturated rings. The van der Waals surface area contributed by atoms with Gasteiger partial charge in [-0.1, -0.05) is 35.9 Å². The summed E-state index contributed by atoms with van der Waals surface area (Å²) >= 11 is 7.60. The van der Waals surface area contributed by atoms with Gasteiger partial charge in [0, 0.05) is 11.4 Å². The zero-order valence-electron chi connectivity index (χ0n) is 11.7. The number of hydrogen-bond donors (Lipinski definition) is 2. The fourth-order valence-corrected chi connectivity index (χ4v) is 2.98. The smallest absolute Gasteiger partial charge is 0.234 e. The maximum Gasteiger partial charge on any atom is 0.234 e. The van der Waals surface area contributed by atoms with Crippen LogP contribution in [0.4, 0.5) is 11.4 Å². The molecule has 0 aromatic heterocycles. The highest BCUT2D eigenvalue weighted by atomic mass is 35.5. The first-order valence-electron chi connectivity index (χ1n) is 6.53. The molecule has 0 aliphatic heterocycles. The third kappa shape index (κ3) is 4.69. The van der Waals surface area contributed by atoms with Crippen LogP contribution in [0, 0.1) is 6.92 Å². The first-order valence-corrected chi connectivity index (χ1v) is 8.06. The van der Waals surface area contributed by atoms with E-state index in [0.29, 0.717) is 22.2 Å². The molecule has 0 saturated heterocycles. The number of nitrogen functional groups attached to an aromatic ring is 1. The third-order valence-electron chi connectivity index (χ3n) is 3.02. The molecule has 3 nitrogen and oxygen atoms in total. The Bertz CT molecular complexity index is 646. The number of rotatable bonds is 5. The van der Waals surface area contributed by atoms with Crippen molar-refractivity contribution in [1.29, 1.82) is 0 Å². The summed E-state index contributed by atoms with van der Waals surface area (Å²) in [5, 5.41) is 3.24. The molecule has 110 valence electrons. The zero-order chi connectivity index (χ0) is 15.2. The van der Waals surface area contributed by atoms with Crippen molar-refractivity contribution in [2.45, 2.75) is 12.7 Å². The van der Waals surface area contributed by atoms with Crippen LogP contribution in [0.25, 0.3) is 0 Å². The summed E-state index contributed by atoms with van der Waals surface area (Å²) in [5.41, 5.74) is 9.28. The Hall–Kier alpha value is -1.65. The van der Waals surface area contributed by atoms with Crippen molar-refractivity contribution in [1.82, 2.24) is 0 Å². The standard InChI is InChI=1S/C16H17ClN2OS/c1-11-4-2-3-5-12(11)9-21-10-16(20)19-15-7-6-13(18)8-14(15)17/h2-8H,9-10,18H2,1H3,(H,19,20). The predicted molar refractivity (Wildman–Crippen MR) is 91.8 cm³/mol. The van der Waals surface area contributed by atoms with Gasteiger partial charge in [-0.05, 0) is 36.2 Å². The van der Waals surface area contributed by atoms with Gasteiger partial charge in [-0.3, -0.25) is 4.79 Å². The summed E-state index contributed by atoms with van der Waals surface area (Å²) < 4.78 is 0. The van der Waals surface area contributed by atoms with E-state index in [1.54, 1.807) is 30.0 Å². The number of amides is 1. The van der Waals surface area contributed by atoms with Crippen LogP contribution in [-0.2, 0) is 10.5 Å². The van der Waals surface area contributed by atoms with Crippen molar-refractivity contribution in [3.63, 3.8) is 0 Å². The van der Waals surface area contributed by atoms with Crippen LogP contribution < -0.4 is 11.1 Å². The Balaban J connectivity index is 1.84. The van der Waals surface area contributed by atoms with E-state index < -0.39 is 0 Å². The van der Waals surface area contributed by atoms with Crippen LogP contribution in [0.5, 0.6) is 0 Å². The Kier molecular flexibility index (Phi) is 5.53. The van der Waals surface area contributed by atoms with Gasteiger partial charge in [-0.25, -0.2) is 0 Å². The minimum atomic E-state index is -0.0692. The largest absolute Gasteiger partial charge is 0.399 e. The number of hydrogen-bond acceptors (Lipinski definition) is 3. The van der Waals surface area contributed by atoms with E-state index >= 15 is 0 Å². The van der Waals surface area contributed by atoms with Gasteiger partial charge < -0.3 is 11.1 Å². The molecule has 1 amide bonds. The number of aryl methyl sites for hydroxylation is 1. The van der Waals surface area contributed by atoms with Crippen molar-refractivity contribution in [3.05, 3.63) is 58.6 Å². The van der Waals surface area contributed by atoms with E-state index in [2.05, 4.69) is 24.4 Å². The molecule has 0 aliphatic rings. The van der Waals surface area contributed by atoms with E-state index in [-0.39, 0.29) is 5.91 Å². The van der Waals surface area contributed by atoms with Crippen LogP contribution in [0.2, 0.25) is 5.02 Å². The number of nitrogens with one attached hydrogen (secondary N) is 1. The fourth-order valence-electron chi connectivity index (χ4n) is 1.84. The first-order chi connectivity index (χ1) is 10.1. The number of thioether (sulfide) groups is 1. The summed E-state index contributed by atoms with van der Waals surface area (Å²) in [6.45, 7) is 2.07. The molecule has 2 aromatic rings. The average molecular weight is 321 g/mol. The van der Waals surface area contributed by atoms with Gasteiger partial charge in [-0.2, -0.15) is 0 Å². The minimum Gasteiger partial charge on any atom is -0.399 e. The Morgan fingerprint density at radius 3 is 2.76 bits per heavy atom. The second-order valence-corrected chi connectivity index (χ2v) is 6.10. The highest BCUT2D eigenvalue weighted by Crippen LogP contribution is 2.24. The number of halogens is 1. The molecule has 0 spiro atoms. The Morgan fingerprint density at radius 2 is 2.05 bits per heavy atom. The zero-order valence-corrected chi connectivity index (χ0v) is 13.3. The molecule has 2 aromatic carbocycles. The average Bonchev–Trinajstić information content (AvgIpc) is 2.44. The predicted octanol–water partition coefficient (Wildman–Crippen LogP) is 4.10. The maximum absolute atomic E-state index is 11.9. The molecule has 2 rings (SSSR count). The van der Waals surface area contributed by atoms with Gasteiger partial charge in [0.05, 0.1) is 16.5 Å². The molecule has 0 atom stereocenters. The molecular formula is C16H17ClN2OS. The summed E-state index contributed by atoms with van der Waals surface area (Å²) in [5.74, 6) is 1.13.